The van der Waals surface area contributed by atoms with Crippen LogP contribution in [0.2, 0.25) is 0 Å². The van der Waals surface area contributed by atoms with E-state index in [1.165, 1.54) is 93.9 Å². The van der Waals surface area contributed by atoms with Crippen LogP contribution in [0.1, 0.15) is 23.6 Å². The maximum atomic E-state index is 2.51. The molecule has 0 heterocycles. The summed E-state index contributed by atoms with van der Waals surface area (Å²) in [6, 6.07) is 93.6. The Morgan fingerprint density at radius 3 is 1.38 bits per heavy atom. The molecule has 11 aromatic rings. The summed E-state index contributed by atoms with van der Waals surface area (Å²) in [5.41, 5.74) is 19.1. The zero-order valence-corrected chi connectivity index (χ0v) is 36.2. The van der Waals surface area contributed by atoms with E-state index in [0.29, 0.717) is 0 Å². The number of hydrogen-bond donors (Lipinski definition) is 0. The van der Waals surface area contributed by atoms with Crippen molar-refractivity contribution in [3.05, 3.63) is 271 Å². The van der Waals surface area contributed by atoms with Gasteiger partial charge in [-0.3, -0.25) is 0 Å². The van der Waals surface area contributed by atoms with Crippen LogP contribution in [0.3, 0.4) is 0 Å². The van der Waals surface area contributed by atoms with E-state index >= 15 is 0 Å². The van der Waals surface area contributed by atoms with E-state index in [2.05, 4.69) is 267 Å². The molecule has 0 N–H and O–H groups in total. The van der Waals surface area contributed by atoms with Gasteiger partial charge in [0.15, 0.2) is 0 Å². The van der Waals surface area contributed by atoms with Crippen molar-refractivity contribution in [2.75, 3.05) is 4.90 Å². The fourth-order valence-electron chi connectivity index (χ4n) is 10.7. The van der Waals surface area contributed by atoms with Gasteiger partial charge in [0.25, 0.3) is 0 Å². The first-order valence-electron chi connectivity index (χ1n) is 22.6. The predicted molar refractivity (Wildman–Crippen MR) is 275 cm³/mol. The van der Waals surface area contributed by atoms with Crippen molar-refractivity contribution in [2.24, 2.45) is 0 Å². The van der Waals surface area contributed by atoms with E-state index in [4.69, 9.17) is 0 Å². The third-order valence-corrected chi connectivity index (χ3v) is 13.7. The van der Waals surface area contributed by atoms with E-state index in [-0.39, 0.29) is 0 Å². The molecular formula is C64H45N. The predicted octanol–water partition coefficient (Wildman–Crippen LogP) is 17.5. The first-order chi connectivity index (χ1) is 32.1. The van der Waals surface area contributed by atoms with Gasteiger partial charge in [0.1, 0.15) is 0 Å². The van der Waals surface area contributed by atoms with Gasteiger partial charge in [-0.15, -0.1) is 0 Å². The van der Waals surface area contributed by atoms with Gasteiger partial charge < -0.3 is 4.90 Å². The van der Waals surface area contributed by atoms with Gasteiger partial charge >= 0.3 is 0 Å². The molecule has 11 aromatic carbocycles. The molecule has 1 unspecified atom stereocenters. The standard InChI is InChI=1S/C64H45N/c1-64(50-25-12-5-13-26-50)59-31-17-16-28-55(59)57-30-18-32-60(63(57)64)65(51-39-37-47(38-40-51)46-35-33-45(34-36-46)44-19-6-2-7-20-44)52-41-42-54-53-27-14-15-29-56(53)61(48-21-8-3-9-22-48)62(58(54)43-52)49-23-10-4-11-24-49/h2-43H,1H3. The van der Waals surface area contributed by atoms with E-state index in [1.807, 2.05) is 0 Å². The molecule has 0 aromatic heterocycles. The number of benzene rings is 11. The van der Waals surface area contributed by atoms with Gasteiger partial charge in [-0.2, -0.15) is 0 Å². The smallest absolute Gasteiger partial charge is 0.0512 e. The zero-order valence-electron chi connectivity index (χ0n) is 36.2. The average molecular weight is 828 g/mol. The topological polar surface area (TPSA) is 3.24 Å². The van der Waals surface area contributed by atoms with Crippen LogP contribution in [0, 0.1) is 0 Å². The van der Waals surface area contributed by atoms with Gasteiger partial charge in [-0.25, -0.2) is 0 Å². The first kappa shape index (κ1) is 38.4. The van der Waals surface area contributed by atoms with Crippen LogP contribution >= 0.6 is 0 Å². The minimum atomic E-state index is -0.412. The fourth-order valence-corrected chi connectivity index (χ4v) is 10.7. The summed E-state index contributed by atoms with van der Waals surface area (Å²) in [5.74, 6) is 0. The summed E-state index contributed by atoms with van der Waals surface area (Å²) >= 11 is 0. The van der Waals surface area contributed by atoms with Crippen molar-refractivity contribution < 1.29 is 0 Å². The Morgan fingerprint density at radius 2 is 0.754 bits per heavy atom. The Bertz CT molecular complexity index is 3500. The molecule has 0 saturated carbocycles. The molecule has 0 spiro atoms. The van der Waals surface area contributed by atoms with Crippen molar-refractivity contribution in [3.63, 3.8) is 0 Å². The van der Waals surface area contributed by atoms with Crippen molar-refractivity contribution in [1.82, 2.24) is 0 Å². The number of rotatable bonds is 8. The zero-order chi connectivity index (χ0) is 43.3. The third kappa shape index (κ3) is 6.39. The van der Waals surface area contributed by atoms with Crippen LogP contribution in [-0.2, 0) is 5.41 Å². The largest absolute Gasteiger partial charge is 0.310 e. The van der Waals surface area contributed by atoms with Crippen molar-refractivity contribution in [2.45, 2.75) is 12.3 Å². The molecule has 306 valence electrons. The van der Waals surface area contributed by atoms with Gasteiger partial charge in [0, 0.05) is 16.8 Å². The van der Waals surface area contributed by atoms with Gasteiger partial charge in [0.2, 0.25) is 0 Å². The Labute approximate surface area is 381 Å². The number of anilines is 3. The summed E-state index contributed by atoms with van der Waals surface area (Å²) in [7, 11) is 0. The highest BCUT2D eigenvalue weighted by Gasteiger charge is 2.43. The molecule has 12 rings (SSSR count). The SMILES string of the molecule is CC1(c2ccccc2)c2ccccc2-c2cccc(N(c3ccc(-c4ccc(-c5ccccc5)cc4)cc3)c3ccc4c(c3)c(-c3ccccc3)c(-c3ccccc3)c3ccccc34)c21. The highest BCUT2D eigenvalue weighted by molar-refractivity contribution is 6.22. The number of nitrogens with zero attached hydrogens (tertiary/aromatic N) is 1. The van der Waals surface area contributed by atoms with Crippen LogP contribution in [0.5, 0.6) is 0 Å². The Hall–Kier alpha value is -8.26. The monoisotopic (exact) mass is 827 g/mol. The molecule has 0 bridgehead atoms. The van der Waals surface area contributed by atoms with E-state index in [0.717, 1.165) is 17.1 Å². The lowest BCUT2D eigenvalue weighted by molar-refractivity contribution is 0.714. The van der Waals surface area contributed by atoms with Crippen LogP contribution in [-0.4, -0.2) is 0 Å². The van der Waals surface area contributed by atoms with Crippen molar-refractivity contribution >= 4 is 38.6 Å². The fraction of sp³-hybridized carbons (Fsp3) is 0.0312. The molecule has 1 heteroatoms. The quantitative estimate of drug-likeness (QED) is 0.138. The molecule has 1 aliphatic rings. The highest BCUT2D eigenvalue weighted by atomic mass is 15.1. The first-order valence-corrected chi connectivity index (χ1v) is 22.6. The molecule has 1 aliphatic carbocycles. The van der Waals surface area contributed by atoms with Gasteiger partial charge in [-0.1, -0.05) is 224 Å². The molecule has 65 heavy (non-hydrogen) atoms. The molecular weight excluding hydrogens is 783 g/mol. The second-order valence-electron chi connectivity index (χ2n) is 17.3. The van der Waals surface area contributed by atoms with Crippen molar-refractivity contribution in [1.29, 1.82) is 0 Å². The lowest BCUT2D eigenvalue weighted by Crippen LogP contribution is -2.25. The molecule has 0 fully saturated rings. The highest BCUT2D eigenvalue weighted by Crippen LogP contribution is 2.57. The summed E-state index contributed by atoms with van der Waals surface area (Å²) in [5, 5.41) is 4.94. The number of fused-ring (bicyclic) bond motifs is 6. The van der Waals surface area contributed by atoms with Gasteiger partial charge in [0.05, 0.1) is 5.69 Å². The van der Waals surface area contributed by atoms with Crippen LogP contribution in [0.4, 0.5) is 17.1 Å². The summed E-state index contributed by atoms with van der Waals surface area (Å²) in [4.78, 5) is 2.51. The van der Waals surface area contributed by atoms with Gasteiger partial charge in [-0.05, 0) is 131 Å². The lowest BCUT2D eigenvalue weighted by Gasteiger charge is -2.35. The summed E-state index contributed by atoms with van der Waals surface area (Å²) < 4.78 is 0. The summed E-state index contributed by atoms with van der Waals surface area (Å²) in [6.07, 6.45) is 0. The maximum Gasteiger partial charge on any atom is 0.0512 e. The minimum Gasteiger partial charge on any atom is -0.310 e. The second kappa shape index (κ2) is 15.8. The minimum absolute atomic E-state index is 0.412. The Balaban J connectivity index is 1.11. The van der Waals surface area contributed by atoms with E-state index in [9.17, 15) is 0 Å². The lowest BCUT2D eigenvalue weighted by atomic mass is 9.73. The third-order valence-electron chi connectivity index (χ3n) is 13.7. The molecule has 1 nitrogen and oxygen atoms in total. The molecule has 1 atom stereocenters. The second-order valence-corrected chi connectivity index (χ2v) is 17.3. The molecule has 0 aliphatic heterocycles. The summed E-state index contributed by atoms with van der Waals surface area (Å²) in [6.45, 7) is 2.42. The Morgan fingerprint density at radius 1 is 0.308 bits per heavy atom. The molecule has 0 radical (unpaired) electrons. The van der Waals surface area contributed by atoms with Crippen LogP contribution < -0.4 is 4.90 Å². The van der Waals surface area contributed by atoms with E-state index < -0.39 is 5.41 Å². The van der Waals surface area contributed by atoms with E-state index in [1.54, 1.807) is 0 Å². The van der Waals surface area contributed by atoms with Crippen LogP contribution in [0.25, 0.3) is 77.2 Å². The Kier molecular flexibility index (Phi) is 9.35. The van der Waals surface area contributed by atoms with Crippen molar-refractivity contribution in [3.8, 4) is 55.6 Å². The normalized spacial score (nSPS) is 14.0. The number of hydrogen-bond acceptors (Lipinski definition) is 1. The van der Waals surface area contributed by atoms with Crippen LogP contribution in [0.15, 0.2) is 255 Å². The molecule has 0 amide bonds. The molecule has 0 saturated heterocycles. The average Bonchev–Trinajstić information content (AvgIpc) is 3.66. The maximum absolute atomic E-state index is 2.51.